The van der Waals surface area contributed by atoms with Crippen LogP contribution in [0.3, 0.4) is 0 Å². The first-order valence-corrected chi connectivity index (χ1v) is 10.1. The van der Waals surface area contributed by atoms with Gasteiger partial charge in [-0.05, 0) is 42.5 Å². The van der Waals surface area contributed by atoms with Gasteiger partial charge in [0.2, 0.25) is 0 Å². The molecule has 3 nitrogen and oxygen atoms in total. The third-order valence-corrected chi connectivity index (χ3v) is 5.96. The van der Waals surface area contributed by atoms with Gasteiger partial charge in [0, 0.05) is 21.8 Å². The van der Waals surface area contributed by atoms with Gasteiger partial charge in [-0.25, -0.2) is 4.98 Å². The molecule has 4 aromatic carbocycles. The van der Waals surface area contributed by atoms with E-state index in [0.29, 0.717) is 0 Å². The monoisotopic (exact) mass is 384 g/mol. The average Bonchev–Trinajstić information content (AvgIpc) is 3.13. The summed E-state index contributed by atoms with van der Waals surface area (Å²) in [6.07, 6.45) is 0. The van der Waals surface area contributed by atoms with E-state index in [9.17, 15) is 0 Å². The van der Waals surface area contributed by atoms with Crippen molar-refractivity contribution in [3.8, 4) is 5.69 Å². The number of aromatic nitrogens is 2. The van der Waals surface area contributed by atoms with Gasteiger partial charge in [-0.3, -0.25) is 0 Å². The topological polar surface area (TPSA) is 31.0 Å². The molecule has 0 N–H and O–H groups in total. The second-order valence-corrected chi connectivity index (χ2v) is 7.65. The Morgan fingerprint density at radius 3 is 2.30 bits per heavy atom. The van der Waals surface area contributed by atoms with Crippen LogP contribution >= 0.6 is 0 Å². The van der Waals surface area contributed by atoms with E-state index in [-0.39, 0.29) is 0 Å². The predicted molar refractivity (Wildman–Crippen MR) is 123 cm³/mol. The highest BCUT2D eigenvalue weighted by molar-refractivity contribution is 6.25. The van der Waals surface area contributed by atoms with E-state index in [1.807, 2.05) is 24.3 Å². The van der Waals surface area contributed by atoms with E-state index in [2.05, 4.69) is 77.4 Å². The normalized spacial score (nSPS) is 12.0. The lowest BCUT2D eigenvalue weighted by Gasteiger charge is -2.12. The number of rotatable bonds is 1. The molecular formula is C27H16N2O. The van der Waals surface area contributed by atoms with Crippen molar-refractivity contribution in [2.45, 2.75) is 0 Å². The van der Waals surface area contributed by atoms with Crippen molar-refractivity contribution in [1.29, 1.82) is 0 Å². The molecule has 0 spiro atoms. The van der Waals surface area contributed by atoms with Crippen LogP contribution in [0.1, 0.15) is 0 Å². The highest BCUT2D eigenvalue weighted by atomic mass is 16.3. The average molecular weight is 384 g/mol. The van der Waals surface area contributed by atoms with Gasteiger partial charge < -0.3 is 8.98 Å². The number of benzene rings is 4. The molecule has 0 fully saturated rings. The Kier molecular flexibility index (Phi) is 3.00. The Morgan fingerprint density at radius 2 is 1.40 bits per heavy atom. The maximum Gasteiger partial charge on any atom is 0.137 e. The van der Waals surface area contributed by atoms with Crippen LogP contribution in [0.4, 0.5) is 0 Å². The minimum absolute atomic E-state index is 0.894. The first-order valence-electron chi connectivity index (χ1n) is 10.1. The van der Waals surface area contributed by atoms with Crippen molar-refractivity contribution in [2.75, 3.05) is 0 Å². The van der Waals surface area contributed by atoms with Crippen molar-refractivity contribution >= 4 is 54.8 Å². The van der Waals surface area contributed by atoms with Gasteiger partial charge in [0.15, 0.2) is 0 Å². The quantitative estimate of drug-likeness (QED) is 0.299. The zero-order chi connectivity index (χ0) is 19.7. The van der Waals surface area contributed by atoms with Gasteiger partial charge in [0.1, 0.15) is 11.2 Å². The Morgan fingerprint density at radius 1 is 0.633 bits per heavy atom. The second kappa shape index (κ2) is 5.71. The van der Waals surface area contributed by atoms with Gasteiger partial charge in [0.05, 0.1) is 27.5 Å². The van der Waals surface area contributed by atoms with E-state index in [0.717, 1.165) is 60.5 Å². The Labute approximate surface area is 171 Å². The fourth-order valence-electron chi connectivity index (χ4n) is 4.69. The third kappa shape index (κ3) is 2.01. The van der Waals surface area contributed by atoms with Crippen molar-refractivity contribution in [1.82, 2.24) is 9.55 Å². The van der Waals surface area contributed by atoms with Crippen LogP contribution in [0.5, 0.6) is 0 Å². The molecule has 0 aliphatic heterocycles. The predicted octanol–water partition coefficient (Wildman–Crippen LogP) is 7.23. The number of hydrogen-bond donors (Lipinski definition) is 0. The van der Waals surface area contributed by atoms with Gasteiger partial charge in [-0.15, -0.1) is 0 Å². The van der Waals surface area contributed by atoms with E-state index in [1.54, 1.807) is 0 Å². The van der Waals surface area contributed by atoms with Crippen LogP contribution in [0.25, 0.3) is 60.5 Å². The van der Waals surface area contributed by atoms with E-state index >= 15 is 0 Å². The summed E-state index contributed by atoms with van der Waals surface area (Å²) in [5, 5.41) is 4.50. The lowest BCUT2D eigenvalue weighted by Crippen LogP contribution is -1.97. The highest BCUT2D eigenvalue weighted by Gasteiger charge is 2.18. The highest BCUT2D eigenvalue weighted by Crippen LogP contribution is 2.40. The largest absolute Gasteiger partial charge is 0.456 e. The molecule has 3 aromatic heterocycles. The molecule has 0 aliphatic carbocycles. The van der Waals surface area contributed by atoms with Crippen LogP contribution in [0.2, 0.25) is 0 Å². The van der Waals surface area contributed by atoms with Crippen molar-refractivity contribution in [3.63, 3.8) is 0 Å². The maximum atomic E-state index is 6.24. The Bertz CT molecular complexity index is 1740. The second-order valence-electron chi connectivity index (χ2n) is 7.65. The summed E-state index contributed by atoms with van der Waals surface area (Å²) >= 11 is 0. The Hall–Kier alpha value is -4.11. The fraction of sp³-hybridized carbons (Fsp3) is 0. The molecule has 30 heavy (non-hydrogen) atoms. The van der Waals surface area contributed by atoms with E-state index in [1.165, 1.54) is 0 Å². The third-order valence-electron chi connectivity index (χ3n) is 5.96. The smallest absolute Gasteiger partial charge is 0.137 e. The standard InChI is InChI=1S/C27H16N2O/c1-2-9-18(10-3-1)29-21-13-7-15-24-26(21)25-19(11-6-14-23(25)30-24)27-22(29)16-17-8-4-5-12-20(17)28-27/h1-16H. The molecule has 0 saturated heterocycles. The SMILES string of the molecule is c1ccc(-n2c3cc4ccccc4nc3c3cccc4oc5cccc2c5c43)cc1. The van der Waals surface area contributed by atoms with Crippen molar-refractivity contribution in [3.05, 3.63) is 97.1 Å². The van der Waals surface area contributed by atoms with Crippen molar-refractivity contribution < 1.29 is 4.42 Å². The van der Waals surface area contributed by atoms with Gasteiger partial charge in [0.25, 0.3) is 0 Å². The zero-order valence-electron chi connectivity index (χ0n) is 16.0. The zero-order valence-corrected chi connectivity index (χ0v) is 16.0. The fourth-order valence-corrected chi connectivity index (χ4v) is 4.69. The molecule has 0 atom stereocenters. The summed E-state index contributed by atoms with van der Waals surface area (Å²) in [5.74, 6) is 0. The lowest BCUT2D eigenvalue weighted by molar-refractivity contribution is 0.669. The van der Waals surface area contributed by atoms with Gasteiger partial charge in [-0.1, -0.05) is 54.6 Å². The molecule has 0 bridgehead atoms. The molecule has 3 heterocycles. The first kappa shape index (κ1) is 15.8. The van der Waals surface area contributed by atoms with Crippen molar-refractivity contribution in [2.24, 2.45) is 0 Å². The number of nitrogens with zero attached hydrogens (tertiary/aromatic N) is 2. The lowest BCUT2D eigenvalue weighted by atomic mass is 10.1. The van der Waals surface area contributed by atoms with Crippen LogP contribution in [-0.4, -0.2) is 9.55 Å². The first-order chi connectivity index (χ1) is 14.9. The van der Waals surface area contributed by atoms with Crippen LogP contribution in [0, 0.1) is 0 Å². The van der Waals surface area contributed by atoms with Crippen LogP contribution in [-0.2, 0) is 0 Å². The van der Waals surface area contributed by atoms with E-state index in [4.69, 9.17) is 9.40 Å². The van der Waals surface area contributed by atoms with Gasteiger partial charge in [-0.2, -0.15) is 0 Å². The molecule has 140 valence electrons. The molecule has 0 aliphatic rings. The van der Waals surface area contributed by atoms with E-state index < -0.39 is 0 Å². The number of fused-ring (bicyclic) bond motifs is 3. The number of para-hydroxylation sites is 2. The molecule has 0 amide bonds. The summed E-state index contributed by atoms with van der Waals surface area (Å²) in [5.41, 5.74) is 7.05. The summed E-state index contributed by atoms with van der Waals surface area (Å²) in [7, 11) is 0. The Balaban J connectivity index is 1.90. The number of pyridine rings is 1. The summed E-state index contributed by atoms with van der Waals surface area (Å²) < 4.78 is 8.55. The molecular weight excluding hydrogens is 368 g/mol. The van der Waals surface area contributed by atoms with Gasteiger partial charge >= 0.3 is 0 Å². The molecule has 0 radical (unpaired) electrons. The van der Waals surface area contributed by atoms with Crippen LogP contribution in [0.15, 0.2) is 101 Å². The maximum absolute atomic E-state index is 6.24. The molecule has 0 saturated carbocycles. The van der Waals surface area contributed by atoms with Crippen LogP contribution < -0.4 is 0 Å². The summed E-state index contributed by atoms with van der Waals surface area (Å²) in [4.78, 5) is 5.14. The molecule has 7 aromatic rings. The molecule has 3 heteroatoms. The number of hydrogen-bond acceptors (Lipinski definition) is 2. The molecule has 0 unspecified atom stereocenters. The summed E-state index contributed by atoms with van der Waals surface area (Å²) in [6.45, 7) is 0. The molecule has 7 rings (SSSR count). The minimum atomic E-state index is 0.894. The summed E-state index contributed by atoms with van der Waals surface area (Å²) in [6, 6.07) is 33.6. The number of furan rings is 1. The minimum Gasteiger partial charge on any atom is -0.456 e.